The van der Waals surface area contributed by atoms with Crippen molar-refractivity contribution < 1.29 is 19.4 Å². The van der Waals surface area contributed by atoms with E-state index in [0.29, 0.717) is 28.8 Å². The van der Waals surface area contributed by atoms with Crippen LogP contribution in [0.5, 0.6) is 5.75 Å². The number of carbonyl (C=O) groups excluding carboxylic acids is 1. The lowest BCUT2D eigenvalue weighted by atomic mass is 10.1. The lowest BCUT2D eigenvalue weighted by molar-refractivity contribution is -0.143. The average Bonchev–Trinajstić information content (AvgIpc) is 3.20. The summed E-state index contributed by atoms with van der Waals surface area (Å²) in [6.07, 6.45) is 1.21. The molecule has 0 atom stereocenters. The third kappa shape index (κ3) is 3.22. The second-order valence-electron chi connectivity index (χ2n) is 4.74. The molecule has 0 spiro atoms. The number of carboxylic acids is 1. The number of hydrogen-bond acceptors (Lipinski definition) is 3. The van der Waals surface area contributed by atoms with E-state index < -0.39 is 17.4 Å². The van der Waals surface area contributed by atoms with E-state index in [4.69, 9.17) is 9.84 Å². The molecule has 108 valence electrons. The fourth-order valence-electron chi connectivity index (χ4n) is 1.76. The molecule has 3 N–H and O–H groups in total. The number of benzene rings is 1. The van der Waals surface area contributed by atoms with Crippen molar-refractivity contribution >= 4 is 33.6 Å². The third-order valence-corrected chi connectivity index (χ3v) is 4.01. The standard InChI is InChI=1S/C13H15BrN2O4/c1-20-8-2-3-9(14)10(6-8)16-12(19)15-7-13(4-5-13)11(17)18/h2-3,6H,4-5,7H2,1H3,(H,17,18)(H2,15,16,19). The number of hydrogen-bond donors (Lipinski definition) is 3. The van der Waals surface area contributed by atoms with Crippen molar-refractivity contribution in [1.82, 2.24) is 5.32 Å². The normalized spacial score (nSPS) is 15.3. The van der Waals surface area contributed by atoms with Crippen LogP contribution in [0.4, 0.5) is 10.5 Å². The Balaban J connectivity index is 1.93. The van der Waals surface area contributed by atoms with Gasteiger partial charge in [-0.05, 0) is 40.9 Å². The van der Waals surface area contributed by atoms with Crippen LogP contribution in [0.3, 0.4) is 0 Å². The summed E-state index contributed by atoms with van der Waals surface area (Å²) in [4.78, 5) is 22.8. The van der Waals surface area contributed by atoms with Crippen LogP contribution < -0.4 is 15.4 Å². The summed E-state index contributed by atoms with van der Waals surface area (Å²) in [6, 6.07) is 4.75. The Kier molecular flexibility index (Phi) is 4.17. The molecule has 1 aliphatic carbocycles. The Bertz CT molecular complexity index is 543. The van der Waals surface area contributed by atoms with E-state index in [9.17, 15) is 9.59 Å². The van der Waals surface area contributed by atoms with Gasteiger partial charge in [-0.25, -0.2) is 4.79 Å². The molecule has 2 amide bonds. The maximum atomic E-state index is 11.8. The average molecular weight is 343 g/mol. The first-order valence-corrected chi connectivity index (χ1v) is 6.88. The van der Waals surface area contributed by atoms with Gasteiger partial charge in [0.25, 0.3) is 0 Å². The van der Waals surface area contributed by atoms with Crippen molar-refractivity contribution in [3.8, 4) is 5.75 Å². The van der Waals surface area contributed by atoms with Gasteiger partial charge in [-0.3, -0.25) is 4.79 Å². The lowest BCUT2D eigenvalue weighted by Gasteiger charge is -2.13. The molecule has 1 aromatic carbocycles. The Morgan fingerprint density at radius 2 is 2.15 bits per heavy atom. The van der Waals surface area contributed by atoms with Crippen LogP contribution in [-0.4, -0.2) is 30.8 Å². The van der Waals surface area contributed by atoms with Gasteiger partial charge in [0.15, 0.2) is 0 Å². The number of urea groups is 1. The maximum absolute atomic E-state index is 11.8. The molecule has 7 heteroatoms. The predicted octanol–water partition coefficient (Wildman–Crippen LogP) is 2.44. The first kappa shape index (κ1) is 14.6. The molecule has 2 rings (SSSR count). The van der Waals surface area contributed by atoms with Gasteiger partial charge in [0.1, 0.15) is 5.75 Å². The van der Waals surface area contributed by atoms with Gasteiger partial charge < -0.3 is 20.5 Å². The molecule has 0 bridgehead atoms. The van der Waals surface area contributed by atoms with Crippen LogP contribution in [0.15, 0.2) is 22.7 Å². The fourth-order valence-corrected chi connectivity index (χ4v) is 2.11. The first-order chi connectivity index (χ1) is 9.47. The summed E-state index contributed by atoms with van der Waals surface area (Å²) >= 11 is 3.32. The number of halogens is 1. The molecule has 6 nitrogen and oxygen atoms in total. The van der Waals surface area contributed by atoms with Crippen molar-refractivity contribution in [3.63, 3.8) is 0 Å². The van der Waals surface area contributed by atoms with E-state index in [0.717, 1.165) is 0 Å². The number of amides is 2. The highest BCUT2D eigenvalue weighted by molar-refractivity contribution is 9.10. The molecule has 0 unspecified atom stereocenters. The largest absolute Gasteiger partial charge is 0.497 e. The van der Waals surface area contributed by atoms with Crippen molar-refractivity contribution in [2.75, 3.05) is 19.0 Å². The van der Waals surface area contributed by atoms with Gasteiger partial charge in [0.2, 0.25) is 0 Å². The fraction of sp³-hybridized carbons (Fsp3) is 0.385. The zero-order valence-corrected chi connectivity index (χ0v) is 12.5. The number of nitrogens with one attached hydrogen (secondary N) is 2. The number of aliphatic carboxylic acids is 1. The molecule has 0 radical (unpaired) electrons. The van der Waals surface area contributed by atoms with Gasteiger partial charge in [0.05, 0.1) is 18.2 Å². The van der Waals surface area contributed by atoms with E-state index in [-0.39, 0.29) is 6.54 Å². The molecule has 1 aromatic rings. The second-order valence-corrected chi connectivity index (χ2v) is 5.59. The molecule has 0 aliphatic heterocycles. The highest BCUT2D eigenvalue weighted by Gasteiger charge is 2.50. The van der Waals surface area contributed by atoms with Crippen LogP contribution in [0, 0.1) is 5.41 Å². The molecule has 20 heavy (non-hydrogen) atoms. The molecule has 0 heterocycles. The topological polar surface area (TPSA) is 87.7 Å². The van der Waals surface area contributed by atoms with E-state index in [1.807, 2.05) is 0 Å². The summed E-state index contributed by atoms with van der Waals surface area (Å²) in [5, 5.41) is 14.3. The summed E-state index contributed by atoms with van der Waals surface area (Å²) < 4.78 is 5.79. The van der Waals surface area contributed by atoms with Crippen LogP contribution >= 0.6 is 15.9 Å². The monoisotopic (exact) mass is 342 g/mol. The van der Waals surface area contributed by atoms with Gasteiger partial charge in [-0.15, -0.1) is 0 Å². The predicted molar refractivity (Wildman–Crippen MR) is 77.0 cm³/mol. The van der Waals surface area contributed by atoms with Crippen LogP contribution in [-0.2, 0) is 4.79 Å². The van der Waals surface area contributed by atoms with Gasteiger partial charge in [0, 0.05) is 17.1 Å². The summed E-state index contributed by atoms with van der Waals surface area (Å²) in [5.41, 5.74) is -0.217. The minimum Gasteiger partial charge on any atom is -0.497 e. The zero-order chi connectivity index (χ0) is 14.8. The molecule has 1 saturated carbocycles. The number of ether oxygens (including phenoxy) is 1. The first-order valence-electron chi connectivity index (χ1n) is 6.09. The second kappa shape index (κ2) is 5.70. The number of rotatable bonds is 5. The van der Waals surface area contributed by atoms with Gasteiger partial charge >= 0.3 is 12.0 Å². The highest BCUT2D eigenvalue weighted by atomic mass is 79.9. The maximum Gasteiger partial charge on any atom is 0.319 e. The summed E-state index contributed by atoms with van der Waals surface area (Å²) in [7, 11) is 1.54. The van der Waals surface area contributed by atoms with Crippen molar-refractivity contribution in [2.24, 2.45) is 5.41 Å². The van der Waals surface area contributed by atoms with E-state index in [1.54, 1.807) is 18.2 Å². The Morgan fingerprint density at radius 3 is 2.70 bits per heavy atom. The summed E-state index contributed by atoms with van der Waals surface area (Å²) in [5.74, 6) is -0.243. The highest BCUT2D eigenvalue weighted by Crippen LogP contribution is 2.45. The SMILES string of the molecule is COc1ccc(Br)c(NC(=O)NCC2(C(=O)O)CC2)c1. The summed E-state index contributed by atoms with van der Waals surface area (Å²) in [6.45, 7) is 0.135. The molecular formula is C13H15BrN2O4. The van der Waals surface area contributed by atoms with Crippen molar-refractivity contribution in [2.45, 2.75) is 12.8 Å². The number of methoxy groups -OCH3 is 1. The lowest BCUT2D eigenvalue weighted by Crippen LogP contribution is -2.36. The van der Waals surface area contributed by atoms with E-state index in [1.165, 1.54) is 7.11 Å². The Morgan fingerprint density at radius 1 is 1.45 bits per heavy atom. The van der Waals surface area contributed by atoms with E-state index in [2.05, 4.69) is 26.6 Å². The molecular weight excluding hydrogens is 328 g/mol. The molecule has 0 saturated heterocycles. The number of carbonyl (C=O) groups is 2. The Hall–Kier alpha value is -1.76. The van der Waals surface area contributed by atoms with Gasteiger partial charge in [-0.1, -0.05) is 0 Å². The molecule has 1 aliphatic rings. The number of carboxylic acid groups (broad SMARTS) is 1. The van der Waals surface area contributed by atoms with Crippen molar-refractivity contribution in [3.05, 3.63) is 22.7 Å². The Labute approximate surface area is 124 Å². The van der Waals surface area contributed by atoms with E-state index >= 15 is 0 Å². The zero-order valence-electron chi connectivity index (χ0n) is 10.9. The van der Waals surface area contributed by atoms with Crippen LogP contribution in [0.25, 0.3) is 0 Å². The van der Waals surface area contributed by atoms with Crippen LogP contribution in [0.2, 0.25) is 0 Å². The molecule has 1 fully saturated rings. The smallest absolute Gasteiger partial charge is 0.319 e. The van der Waals surface area contributed by atoms with Crippen molar-refractivity contribution in [1.29, 1.82) is 0 Å². The molecule has 0 aromatic heterocycles. The minimum absolute atomic E-state index is 0.135. The number of anilines is 1. The third-order valence-electron chi connectivity index (χ3n) is 3.32. The van der Waals surface area contributed by atoms with Gasteiger partial charge in [-0.2, -0.15) is 0 Å². The minimum atomic E-state index is -0.861. The quantitative estimate of drug-likeness (QED) is 0.766. The van der Waals surface area contributed by atoms with Crippen LogP contribution in [0.1, 0.15) is 12.8 Å².